The third kappa shape index (κ3) is 4.79. The molecule has 0 saturated heterocycles. The van der Waals surface area contributed by atoms with Crippen LogP contribution in [0.2, 0.25) is 0 Å². The molecule has 0 atom stereocenters. The highest BCUT2D eigenvalue weighted by Gasteiger charge is 2.09. The Balaban J connectivity index is 0.00000220. The van der Waals surface area contributed by atoms with Gasteiger partial charge in [-0.05, 0) is 38.0 Å². The highest BCUT2D eigenvalue weighted by Crippen LogP contribution is 2.12. The normalized spacial score (nSPS) is 10.0. The first kappa shape index (κ1) is 17.0. The summed E-state index contributed by atoms with van der Waals surface area (Å²) in [7, 11) is 0. The number of carbonyl (C=O) groups is 1. The SMILES string of the molecule is Cc1noc(C)c1CCNC(=O)Cc1ccc(N)cc1.Cl. The van der Waals surface area contributed by atoms with Gasteiger partial charge >= 0.3 is 0 Å². The lowest BCUT2D eigenvalue weighted by Gasteiger charge is -2.05. The van der Waals surface area contributed by atoms with Gasteiger partial charge in [-0.15, -0.1) is 12.4 Å². The summed E-state index contributed by atoms with van der Waals surface area (Å²) in [6.45, 7) is 4.37. The monoisotopic (exact) mass is 309 g/mol. The third-order valence-electron chi connectivity index (χ3n) is 3.22. The van der Waals surface area contributed by atoms with Crippen molar-refractivity contribution in [1.82, 2.24) is 10.5 Å². The lowest BCUT2D eigenvalue weighted by molar-refractivity contribution is -0.120. The zero-order valence-electron chi connectivity index (χ0n) is 12.2. The van der Waals surface area contributed by atoms with Crippen molar-refractivity contribution in [3.63, 3.8) is 0 Å². The van der Waals surface area contributed by atoms with E-state index >= 15 is 0 Å². The molecule has 0 bridgehead atoms. The van der Waals surface area contributed by atoms with E-state index in [1.165, 1.54) is 0 Å². The minimum atomic E-state index is 0. The van der Waals surface area contributed by atoms with Crippen molar-refractivity contribution in [2.45, 2.75) is 26.7 Å². The molecular formula is C15H20ClN3O2. The van der Waals surface area contributed by atoms with Gasteiger partial charge in [0, 0.05) is 17.8 Å². The van der Waals surface area contributed by atoms with Crippen molar-refractivity contribution >= 4 is 24.0 Å². The highest BCUT2D eigenvalue weighted by molar-refractivity contribution is 5.85. The van der Waals surface area contributed by atoms with Crippen LogP contribution in [0.25, 0.3) is 0 Å². The van der Waals surface area contributed by atoms with E-state index < -0.39 is 0 Å². The second-order valence-corrected chi connectivity index (χ2v) is 4.82. The number of carbonyl (C=O) groups excluding carboxylic acids is 1. The summed E-state index contributed by atoms with van der Waals surface area (Å²) >= 11 is 0. The van der Waals surface area contributed by atoms with Gasteiger partial charge in [0.2, 0.25) is 5.91 Å². The van der Waals surface area contributed by atoms with E-state index in [1.54, 1.807) is 12.1 Å². The molecule has 1 amide bonds. The minimum absolute atomic E-state index is 0. The molecule has 0 aliphatic rings. The van der Waals surface area contributed by atoms with E-state index in [0.29, 0.717) is 18.7 Å². The first-order valence-electron chi connectivity index (χ1n) is 6.59. The molecule has 0 unspecified atom stereocenters. The van der Waals surface area contributed by atoms with Crippen LogP contribution in [0.1, 0.15) is 22.6 Å². The largest absolute Gasteiger partial charge is 0.399 e. The summed E-state index contributed by atoms with van der Waals surface area (Å²) in [5, 5.41) is 6.79. The van der Waals surface area contributed by atoms with Gasteiger partial charge in [-0.1, -0.05) is 17.3 Å². The Morgan fingerprint density at radius 3 is 2.52 bits per heavy atom. The summed E-state index contributed by atoms with van der Waals surface area (Å²) in [6, 6.07) is 7.32. The zero-order chi connectivity index (χ0) is 14.5. The number of aromatic nitrogens is 1. The molecule has 1 heterocycles. The minimum Gasteiger partial charge on any atom is -0.399 e. The fraction of sp³-hybridized carbons (Fsp3) is 0.333. The standard InChI is InChI=1S/C15H19N3O2.ClH/c1-10-14(11(2)20-18-10)7-8-17-15(19)9-12-3-5-13(16)6-4-12;/h3-6H,7-9,16H2,1-2H3,(H,17,19);1H. The molecule has 114 valence electrons. The molecule has 0 saturated carbocycles. The maximum Gasteiger partial charge on any atom is 0.224 e. The number of hydrogen-bond acceptors (Lipinski definition) is 4. The first-order chi connectivity index (χ1) is 9.56. The predicted octanol–water partition coefficient (Wildman–Crippen LogP) is 2.20. The number of benzene rings is 1. The molecule has 21 heavy (non-hydrogen) atoms. The number of halogens is 1. The molecule has 1 aromatic carbocycles. The molecule has 0 aliphatic carbocycles. The summed E-state index contributed by atoms with van der Waals surface area (Å²) in [6.07, 6.45) is 1.09. The molecule has 2 aromatic rings. The van der Waals surface area contributed by atoms with Crippen molar-refractivity contribution in [1.29, 1.82) is 0 Å². The van der Waals surface area contributed by atoms with Crippen LogP contribution in [0, 0.1) is 13.8 Å². The fourth-order valence-electron chi connectivity index (χ4n) is 2.07. The number of anilines is 1. The number of aryl methyl sites for hydroxylation is 2. The topological polar surface area (TPSA) is 81.2 Å². The number of rotatable bonds is 5. The van der Waals surface area contributed by atoms with Gasteiger partial charge < -0.3 is 15.6 Å². The summed E-state index contributed by atoms with van der Waals surface area (Å²) < 4.78 is 5.09. The van der Waals surface area contributed by atoms with Crippen molar-refractivity contribution in [3.05, 3.63) is 46.8 Å². The van der Waals surface area contributed by atoms with E-state index in [1.807, 2.05) is 26.0 Å². The first-order valence-corrected chi connectivity index (χ1v) is 6.59. The number of nitrogen functional groups attached to an aromatic ring is 1. The van der Waals surface area contributed by atoms with Gasteiger partial charge in [0.1, 0.15) is 5.76 Å². The second kappa shape index (κ2) is 7.69. The molecule has 0 fully saturated rings. The van der Waals surface area contributed by atoms with Gasteiger partial charge in [0.25, 0.3) is 0 Å². The van der Waals surface area contributed by atoms with Crippen molar-refractivity contribution in [2.75, 3.05) is 12.3 Å². The lowest BCUT2D eigenvalue weighted by atomic mass is 10.1. The van der Waals surface area contributed by atoms with E-state index in [9.17, 15) is 4.79 Å². The molecule has 2 rings (SSSR count). The van der Waals surface area contributed by atoms with Crippen LogP contribution in [-0.4, -0.2) is 17.6 Å². The zero-order valence-corrected chi connectivity index (χ0v) is 13.0. The number of nitrogens with one attached hydrogen (secondary N) is 1. The summed E-state index contributed by atoms with van der Waals surface area (Å²) in [4.78, 5) is 11.8. The average molecular weight is 310 g/mol. The fourth-order valence-corrected chi connectivity index (χ4v) is 2.07. The number of hydrogen-bond donors (Lipinski definition) is 2. The van der Waals surface area contributed by atoms with Gasteiger partial charge in [-0.3, -0.25) is 4.79 Å². The van der Waals surface area contributed by atoms with Crippen molar-refractivity contribution in [3.8, 4) is 0 Å². The molecule has 0 aliphatic heterocycles. The number of amides is 1. The van der Waals surface area contributed by atoms with Crippen LogP contribution in [0.5, 0.6) is 0 Å². The molecule has 0 radical (unpaired) electrons. The van der Waals surface area contributed by atoms with Crippen molar-refractivity contribution in [2.24, 2.45) is 0 Å². The number of nitrogens with zero attached hydrogens (tertiary/aromatic N) is 1. The van der Waals surface area contributed by atoms with E-state index in [2.05, 4.69) is 10.5 Å². The second-order valence-electron chi connectivity index (χ2n) is 4.82. The lowest BCUT2D eigenvalue weighted by Crippen LogP contribution is -2.27. The van der Waals surface area contributed by atoms with Gasteiger partial charge in [-0.25, -0.2) is 0 Å². The molecule has 0 spiro atoms. The number of nitrogens with two attached hydrogens (primary N) is 1. The van der Waals surface area contributed by atoms with Crippen LogP contribution in [-0.2, 0) is 17.6 Å². The molecule has 3 N–H and O–H groups in total. The molecular weight excluding hydrogens is 290 g/mol. The van der Waals surface area contributed by atoms with E-state index in [-0.39, 0.29) is 18.3 Å². The van der Waals surface area contributed by atoms with Crippen molar-refractivity contribution < 1.29 is 9.32 Å². The Morgan fingerprint density at radius 1 is 1.29 bits per heavy atom. The highest BCUT2D eigenvalue weighted by atomic mass is 35.5. The Labute approximate surface area is 130 Å². The molecule has 6 heteroatoms. The third-order valence-corrected chi connectivity index (χ3v) is 3.22. The quantitative estimate of drug-likeness (QED) is 0.830. The van der Waals surface area contributed by atoms with Crippen LogP contribution in [0.3, 0.4) is 0 Å². The average Bonchev–Trinajstić information content (AvgIpc) is 2.73. The Hall–Kier alpha value is -2.01. The van der Waals surface area contributed by atoms with E-state index in [0.717, 1.165) is 29.0 Å². The Morgan fingerprint density at radius 2 is 1.95 bits per heavy atom. The summed E-state index contributed by atoms with van der Waals surface area (Å²) in [5.41, 5.74) is 9.21. The Kier molecular flexibility index (Phi) is 6.24. The van der Waals surface area contributed by atoms with Gasteiger partial charge in [0.15, 0.2) is 0 Å². The molecule has 5 nitrogen and oxygen atoms in total. The predicted molar refractivity (Wildman–Crippen MR) is 84.5 cm³/mol. The van der Waals surface area contributed by atoms with Crippen LogP contribution >= 0.6 is 12.4 Å². The Bertz CT molecular complexity index is 574. The van der Waals surface area contributed by atoms with Gasteiger partial charge in [-0.2, -0.15) is 0 Å². The van der Waals surface area contributed by atoms with Crippen LogP contribution in [0.15, 0.2) is 28.8 Å². The smallest absolute Gasteiger partial charge is 0.224 e. The van der Waals surface area contributed by atoms with Crippen LogP contribution in [0.4, 0.5) is 5.69 Å². The molecule has 1 aromatic heterocycles. The van der Waals surface area contributed by atoms with E-state index in [4.69, 9.17) is 10.3 Å². The maximum atomic E-state index is 11.8. The maximum absolute atomic E-state index is 11.8. The van der Waals surface area contributed by atoms with Crippen LogP contribution < -0.4 is 11.1 Å². The summed E-state index contributed by atoms with van der Waals surface area (Å²) in [5.74, 6) is 0.816. The van der Waals surface area contributed by atoms with Gasteiger partial charge in [0.05, 0.1) is 12.1 Å².